The van der Waals surface area contributed by atoms with E-state index in [1.54, 1.807) is 6.07 Å². The minimum Gasteiger partial charge on any atom is -0.397 e. The number of anilines is 3. The molecule has 4 heteroatoms. The summed E-state index contributed by atoms with van der Waals surface area (Å²) >= 11 is 0. The lowest BCUT2D eigenvalue weighted by atomic mass is 10.2. The van der Waals surface area contributed by atoms with Crippen molar-refractivity contribution in [3.05, 3.63) is 18.2 Å². The molecule has 0 aliphatic carbocycles. The number of nitriles is 1. The first-order valence-electron chi connectivity index (χ1n) is 4.38. The van der Waals surface area contributed by atoms with Crippen LogP contribution in [0.1, 0.15) is 6.42 Å². The van der Waals surface area contributed by atoms with E-state index in [2.05, 4.69) is 6.07 Å². The van der Waals surface area contributed by atoms with Gasteiger partial charge >= 0.3 is 0 Å². The molecule has 1 aromatic carbocycles. The van der Waals surface area contributed by atoms with Crippen LogP contribution in [0, 0.1) is 11.3 Å². The van der Waals surface area contributed by atoms with E-state index in [1.165, 1.54) is 0 Å². The second kappa shape index (κ2) is 4.38. The van der Waals surface area contributed by atoms with Crippen LogP contribution in [0.25, 0.3) is 0 Å². The number of benzene rings is 1. The van der Waals surface area contributed by atoms with Crippen molar-refractivity contribution < 1.29 is 0 Å². The Bertz CT molecular complexity index is 354. The molecule has 0 fully saturated rings. The Morgan fingerprint density at radius 2 is 2.07 bits per heavy atom. The maximum Gasteiger partial charge on any atom is 0.0640 e. The summed E-state index contributed by atoms with van der Waals surface area (Å²) in [5.41, 5.74) is 13.4. The average Bonchev–Trinajstić information content (AvgIpc) is 2.18. The molecule has 0 saturated carbocycles. The van der Waals surface area contributed by atoms with Gasteiger partial charge in [0.25, 0.3) is 0 Å². The van der Waals surface area contributed by atoms with Crippen molar-refractivity contribution in [3.8, 4) is 6.07 Å². The van der Waals surface area contributed by atoms with Crippen LogP contribution in [0.15, 0.2) is 18.2 Å². The summed E-state index contributed by atoms with van der Waals surface area (Å²) in [5.74, 6) is 0. The van der Waals surface area contributed by atoms with Gasteiger partial charge in [-0.15, -0.1) is 0 Å². The van der Waals surface area contributed by atoms with E-state index in [9.17, 15) is 0 Å². The fourth-order valence-corrected chi connectivity index (χ4v) is 1.15. The lowest BCUT2D eigenvalue weighted by molar-refractivity contribution is 0.906. The number of nitrogens with zero attached hydrogens (tertiary/aromatic N) is 2. The van der Waals surface area contributed by atoms with Crippen molar-refractivity contribution in [1.82, 2.24) is 0 Å². The highest BCUT2D eigenvalue weighted by molar-refractivity contribution is 5.69. The molecule has 0 radical (unpaired) electrons. The van der Waals surface area contributed by atoms with Gasteiger partial charge < -0.3 is 16.4 Å². The summed E-state index contributed by atoms with van der Waals surface area (Å²) in [4.78, 5) is 1.97. The molecule has 1 aromatic rings. The van der Waals surface area contributed by atoms with E-state index in [0.717, 1.165) is 5.69 Å². The second-order valence-electron chi connectivity index (χ2n) is 3.14. The highest BCUT2D eigenvalue weighted by Crippen LogP contribution is 2.21. The molecule has 0 spiro atoms. The van der Waals surface area contributed by atoms with Gasteiger partial charge in [0.1, 0.15) is 0 Å². The van der Waals surface area contributed by atoms with Crippen LogP contribution in [-0.4, -0.2) is 13.6 Å². The van der Waals surface area contributed by atoms with Crippen LogP contribution in [-0.2, 0) is 0 Å². The average molecular weight is 190 g/mol. The van der Waals surface area contributed by atoms with Gasteiger partial charge in [-0.2, -0.15) is 5.26 Å². The number of hydrogen-bond acceptors (Lipinski definition) is 4. The fraction of sp³-hybridized carbons (Fsp3) is 0.300. The highest BCUT2D eigenvalue weighted by atomic mass is 15.1. The molecule has 4 nitrogen and oxygen atoms in total. The van der Waals surface area contributed by atoms with Gasteiger partial charge in [0.2, 0.25) is 0 Å². The number of rotatable bonds is 3. The molecule has 0 unspecified atom stereocenters. The Hall–Kier alpha value is -1.89. The molecule has 74 valence electrons. The Morgan fingerprint density at radius 3 is 2.64 bits per heavy atom. The molecule has 0 atom stereocenters. The van der Waals surface area contributed by atoms with Crippen LogP contribution >= 0.6 is 0 Å². The van der Waals surface area contributed by atoms with Crippen molar-refractivity contribution in [2.45, 2.75) is 6.42 Å². The predicted octanol–water partition coefficient (Wildman–Crippen LogP) is 1.20. The highest BCUT2D eigenvalue weighted by Gasteiger charge is 2.02. The predicted molar refractivity (Wildman–Crippen MR) is 58.8 cm³/mol. The van der Waals surface area contributed by atoms with Crippen molar-refractivity contribution in [1.29, 1.82) is 5.26 Å². The Morgan fingerprint density at radius 1 is 1.36 bits per heavy atom. The minimum absolute atomic E-state index is 0.501. The molecule has 1 rings (SSSR count). The molecule has 0 aliphatic heterocycles. The first-order valence-corrected chi connectivity index (χ1v) is 4.38. The number of nitrogens with two attached hydrogens (primary N) is 2. The van der Waals surface area contributed by atoms with Crippen molar-refractivity contribution in [3.63, 3.8) is 0 Å². The van der Waals surface area contributed by atoms with Gasteiger partial charge in [0.05, 0.1) is 23.9 Å². The smallest absolute Gasteiger partial charge is 0.0640 e. The normalized spacial score (nSPS) is 9.43. The quantitative estimate of drug-likeness (QED) is 0.702. The third-order valence-corrected chi connectivity index (χ3v) is 2.07. The van der Waals surface area contributed by atoms with Crippen molar-refractivity contribution >= 4 is 17.1 Å². The maximum absolute atomic E-state index is 8.44. The molecule has 0 amide bonds. The Labute approximate surface area is 83.7 Å². The largest absolute Gasteiger partial charge is 0.397 e. The van der Waals surface area contributed by atoms with Gasteiger partial charge in [-0.1, -0.05) is 0 Å². The van der Waals surface area contributed by atoms with E-state index in [0.29, 0.717) is 24.3 Å². The van der Waals surface area contributed by atoms with E-state index in [4.69, 9.17) is 16.7 Å². The number of hydrogen-bond donors (Lipinski definition) is 2. The lowest BCUT2D eigenvalue weighted by Gasteiger charge is -2.18. The molecule has 0 heterocycles. The second-order valence-corrected chi connectivity index (χ2v) is 3.14. The SMILES string of the molecule is CN(CCC#N)c1ccc(N)c(N)c1. The fourth-order valence-electron chi connectivity index (χ4n) is 1.15. The Kier molecular flexibility index (Phi) is 3.19. The zero-order valence-corrected chi connectivity index (χ0v) is 8.20. The first kappa shape index (κ1) is 10.2. The van der Waals surface area contributed by atoms with E-state index in [1.807, 2.05) is 24.1 Å². The van der Waals surface area contributed by atoms with Crippen molar-refractivity contribution in [2.24, 2.45) is 0 Å². The topological polar surface area (TPSA) is 79.1 Å². The monoisotopic (exact) mass is 190 g/mol. The summed E-state index contributed by atoms with van der Waals surface area (Å²) in [6.07, 6.45) is 0.501. The summed E-state index contributed by atoms with van der Waals surface area (Å²) in [7, 11) is 1.92. The summed E-state index contributed by atoms with van der Waals surface area (Å²) in [6.45, 7) is 0.694. The third kappa shape index (κ3) is 2.30. The zero-order valence-electron chi connectivity index (χ0n) is 8.20. The van der Waals surface area contributed by atoms with E-state index >= 15 is 0 Å². The van der Waals surface area contributed by atoms with Crippen LogP contribution in [0.2, 0.25) is 0 Å². The lowest BCUT2D eigenvalue weighted by Crippen LogP contribution is -2.18. The molecule has 0 saturated heterocycles. The molecule has 0 aromatic heterocycles. The van der Waals surface area contributed by atoms with Gasteiger partial charge in [0.15, 0.2) is 0 Å². The van der Waals surface area contributed by atoms with E-state index < -0.39 is 0 Å². The number of nitrogen functional groups attached to an aromatic ring is 2. The summed E-state index contributed by atoms with van der Waals surface area (Å²) < 4.78 is 0. The van der Waals surface area contributed by atoms with Crippen LogP contribution in [0.3, 0.4) is 0 Å². The van der Waals surface area contributed by atoms with Gasteiger partial charge in [-0.05, 0) is 18.2 Å². The molecule has 0 aliphatic rings. The zero-order chi connectivity index (χ0) is 10.6. The Balaban J connectivity index is 2.76. The van der Waals surface area contributed by atoms with Crippen LogP contribution < -0.4 is 16.4 Å². The third-order valence-electron chi connectivity index (χ3n) is 2.07. The van der Waals surface area contributed by atoms with Crippen LogP contribution in [0.5, 0.6) is 0 Å². The molecular formula is C10H14N4. The standard InChI is InChI=1S/C10H14N4/c1-14(6-2-5-11)8-3-4-9(12)10(13)7-8/h3-4,7H,2,6,12-13H2,1H3. The summed E-state index contributed by atoms with van der Waals surface area (Å²) in [6, 6.07) is 7.57. The molecule has 0 bridgehead atoms. The minimum atomic E-state index is 0.501. The van der Waals surface area contributed by atoms with Crippen LogP contribution in [0.4, 0.5) is 17.1 Å². The molecule has 4 N–H and O–H groups in total. The first-order chi connectivity index (χ1) is 6.65. The summed E-state index contributed by atoms with van der Waals surface area (Å²) in [5, 5.41) is 8.44. The van der Waals surface area contributed by atoms with Gasteiger partial charge in [0, 0.05) is 19.3 Å². The maximum atomic E-state index is 8.44. The van der Waals surface area contributed by atoms with Gasteiger partial charge in [-0.25, -0.2) is 0 Å². The van der Waals surface area contributed by atoms with Gasteiger partial charge in [-0.3, -0.25) is 0 Å². The molecule has 14 heavy (non-hydrogen) atoms. The van der Waals surface area contributed by atoms with E-state index in [-0.39, 0.29) is 0 Å². The van der Waals surface area contributed by atoms with Crippen molar-refractivity contribution in [2.75, 3.05) is 30.0 Å². The molecular weight excluding hydrogens is 176 g/mol.